The van der Waals surface area contributed by atoms with E-state index in [0.717, 1.165) is 13.0 Å². The van der Waals surface area contributed by atoms with Crippen molar-refractivity contribution in [1.29, 1.82) is 0 Å². The lowest BCUT2D eigenvalue weighted by molar-refractivity contribution is -0.126. The molecule has 1 aromatic carbocycles. The van der Waals surface area contributed by atoms with Crippen molar-refractivity contribution in [2.24, 2.45) is 5.92 Å². The van der Waals surface area contributed by atoms with Gasteiger partial charge in [-0.1, -0.05) is 11.6 Å². The summed E-state index contributed by atoms with van der Waals surface area (Å²) in [6.45, 7) is 1.80. The number of nitrogens with zero attached hydrogens (tertiary/aromatic N) is 2. The topological polar surface area (TPSA) is 71.1 Å². The highest BCUT2D eigenvalue weighted by atomic mass is 35.5. The summed E-state index contributed by atoms with van der Waals surface area (Å²) in [6.07, 6.45) is 1.04. The third kappa shape index (κ3) is 4.80. The molecule has 7 nitrogen and oxygen atoms in total. The highest BCUT2D eigenvalue weighted by Gasteiger charge is 2.36. The van der Waals surface area contributed by atoms with Crippen molar-refractivity contribution in [3.05, 3.63) is 17.2 Å². The number of carbonyl (C=O) groups is 2. The Balaban J connectivity index is 2.06. The van der Waals surface area contributed by atoms with E-state index in [9.17, 15) is 9.59 Å². The van der Waals surface area contributed by atoms with Crippen LogP contribution in [-0.4, -0.2) is 64.7 Å². The first-order valence-electron chi connectivity index (χ1n) is 8.51. The average molecular weight is 384 g/mol. The van der Waals surface area contributed by atoms with Gasteiger partial charge in [0.2, 0.25) is 11.8 Å². The number of halogens is 1. The molecule has 8 heteroatoms. The summed E-state index contributed by atoms with van der Waals surface area (Å²) in [5, 5.41) is 3.31. The SMILES string of the molecule is COc1cc(N2CC(C(=O)NCCCN(C)C)CC2=O)c(OC)cc1Cl. The van der Waals surface area contributed by atoms with Gasteiger partial charge in [-0.3, -0.25) is 9.59 Å². The van der Waals surface area contributed by atoms with Gasteiger partial charge in [-0.05, 0) is 27.1 Å². The van der Waals surface area contributed by atoms with E-state index in [1.165, 1.54) is 14.2 Å². The Bertz CT molecular complexity index is 666. The molecule has 0 spiro atoms. The van der Waals surface area contributed by atoms with Gasteiger partial charge in [-0.15, -0.1) is 0 Å². The molecular weight excluding hydrogens is 358 g/mol. The van der Waals surface area contributed by atoms with Crippen molar-refractivity contribution in [2.45, 2.75) is 12.8 Å². The zero-order chi connectivity index (χ0) is 19.3. The number of anilines is 1. The van der Waals surface area contributed by atoms with Gasteiger partial charge in [0, 0.05) is 31.6 Å². The van der Waals surface area contributed by atoms with Gasteiger partial charge in [0.05, 0.1) is 30.8 Å². The summed E-state index contributed by atoms with van der Waals surface area (Å²) >= 11 is 6.12. The van der Waals surface area contributed by atoms with Crippen LogP contribution in [0.3, 0.4) is 0 Å². The number of ether oxygens (including phenoxy) is 2. The summed E-state index contributed by atoms with van der Waals surface area (Å²) in [5.41, 5.74) is 0.557. The van der Waals surface area contributed by atoms with Crippen LogP contribution in [-0.2, 0) is 9.59 Å². The fourth-order valence-electron chi connectivity index (χ4n) is 2.92. The zero-order valence-electron chi connectivity index (χ0n) is 15.7. The molecule has 1 aliphatic rings. The van der Waals surface area contributed by atoms with Crippen LogP contribution in [0.1, 0.15) is 12.8 Å². The molecule has 2 rings (SSSR count). The smallest absolute Gasteiger partial charge is 0.227 e. The summed E-state index contributed by atoms with van der Waals surface area (Å²) in [5.74, 6) is 0.317. The number of benzene rings is 1. The van der Waals surface area contributed by atoms with Gasteiger partial charge in [-0.25, -0.2) is 0 Å². The van der Waals surface area contributed by atoms with Crippen molar-refractivity contribution >= 4 is 29.1 Å². The first-order valence-corrected chi connectivity index (χ1v) is 8.89. The van der Waals surface area contributed by atoms with E-state index in [4.69, 9.17) is 21.1 Å². The van der Waals surface area contributed by atoms with Crippen molar-refractivity contribution < 1.29 is 19.1 Å². The van der Waals surface area contributed by atoms with Gasteiger partial charge < -0.3 is 24.6 Å². The standard InChI is InChI=1S/C18H26ClN3O4/c1-21(2)7-5-6-20-18(24)12-8-17(23)22(11-12)14-10-15(25-3)13(19)9-16(14)26-4/h9-10,12H,5-8,11H2,1-4H3,(H,20,24). The van der Waals surface area contributed by atoms with Crippen LogP contribution in [0.25, 0.3) is 0 Å². The largest absolute Gasteiger partial charge is 0.495 e. The third-order valence-electron chi connectivity index (χ3n) is 4.32. The van der Waals surface area contributed by atoms with E-state index in [1.807, 2.05) is 14.1 Å². The van der Waals surface area contributed by atoms with Crippen LogP contribution in [0.5, 0.6) is 11.5 Å². The Labute approximate surface area is 159 Å². The second-order valence-corrected chi connectivity index (χ2v) is 6.92. The lowest BCUT2D eigenvalue weighted by atomic mass is 10.1. The second kappa shape index (κ2) is 9.09. The number of hydrogen-bond donors (Lipinski definition) is 1. The Morgan fingerprint density at radius 3 is 2.62 bits per heavy atom. The number of amides is 2. The predicted octanol–water partition coefficient (Wildman–Crippen LogP) is 1.78. The van der Waals surface area contributed by atoms with Gasteiger partial charge in [-0.2, -0.15) is 0 Å². The lowest BCUT2D eigenvalue weighted by Crippen LogP contribution is -2.34. The highest BCUT2D eigenvalue weighted by molar-refractivity contribution is 6.32. The van der Waals surface area contributed by atoms with Crippen LogP contribution in [0.15, 0.2) is 12.1 Å². The van der Waals surface area contributed by atoms with Crippen LogP contribution in [0.2, 0.25) is 5.02 Å². The molecule has 0 aliphatic carbocycles. The Hall–Kier alpha value is -1.99. The quantitative estimate of drug-likeness (QED) is 0.693. The van der Waals surface area contributed by atoms with Crippen LogP contribution >= 0.6 is 11.6 Å². The molecule has 1 aliphatic heterocycles. The van der Waals surface area contributed by atoms with Gasteiger partial charge in [0.1, 0.15) is 11.5 Å². The molecule has 1 saturated heterocycles. The van der Waals surface area contributed by atoms with Crippen LogP contribution < -0.4 is 19.7 Å². The fourth-order valence-corrected chi connectivity index (χ4v) is 3.15. The molecular formula is C18H26ClN3O4. The Kier molecular flexibility index (Phi) is 7.11. The normalized spacial score (nSPS) is 16.9. The molecule has 0 radical (unpaired) electrons. The van der Waals surface area contributed by atoms with Crippen molar-refractivity contribution in [3.8, 4) is 11.5 Å². The number of methoxy groups -OCH3 is 2. The highest BCUT2D eigenvalue weighted by Crippen LogP contribution is 2.40. The van der Waals surface area contributed by atoms with Crippen molar-refractivity contribution in [3.63, 3.8) is 0 Å². The molecule has 0 aromatic heterocycles. The molecule has 1 unspecified atom stereocenters. The maximum Gasteiger partial charge on any atom is 0.227 e. The zero-order valence-corrected chi connectivity index (χ0v) is 16.4. The monoisotopic (exact) mass is 383 g/mol. The molecule has 2 amide bonds. The molecule has 1 heterocycles. The number of hydrogen-bond acceptors (Lipinski definition) is 5. The Morgan fingerprint density at radius 2 is 2.00 bits per heavy atom. The van der Waals surface area contributed by atoms with E-state index in [1.54, 1.807) is 17.0 Å². The number of nitrogens with one attached hydrogen (secondary N) is 1. The first kappa shape index (κ1) is 20.3. The minimum Gasteiger partial charge on any atom is -0.495 e. The second-order valence-electron chi connectivity index (χ2n) is 6.51. The van der Waals surface area contributed by atoms with Crippen LogP contribution in [0.4, 0.5) is 5.69 Å². The summed E-state index contributed by atoms with van der Waals surface area (Å²) < 4.78 is 10.6. The lowest BCUT2D eigenvalue weighted by Gasteiger charge is -2.21. The fraction of sp³-hybridized carbons (Fsp3) is 0.556. The number of rotatable bonds is 8. The molecule has 26 heavy (non-hydrogen) atoms. The molecule has 144 valence electrons. The molecule has 1 aromatic rings. The molecule has 0 bridgehead atoms. The van der Waals surface area contributed by atoms with Gasteiger partial charge in [0.15, 0.2) is 0 Å². The van der Waals surface area contributed by atoms with Crippen molar-refractivity contribution in [2.75, 3.05) is 52.8 Å². The van der Waals surface area contributed by atoms with Crippen LogP contribution in [0, 0.1) is 5.92 Å². The maximum atomic E-state index is 12.5. The third-order valence-corrected chi connectivity index (χ3v) is 4.62. The van der Waals surface area contributed by atoms with Crippen molar-refractivity contribution in [1.82, 2.24) is 10.2 Å². The van der Waals surface area contributed by atoms with E-state index in [2.05, 4.69) is 10.2 Å². The minimum absolute atomic E-state index is 0.0977. The molecule has 1 fully saturated rings. The summed E-state index contributed by atoms with van der Waals surface area (Å²) in [7, 11) is 7.00. The molecule has 0 saturated carbocycles. The van der Waals surface area contributed by atoms with Gasteiger partial charge >= 0.3 is 0 Å². The molecule has 1 N–H and O–H groups in total. The number of carbonyl (C=O) groups excluding carboxylic acids is 2. The van der Waals surface area contributed by atoms with Gasteiger partial charge in [0.25, 0.3) is 0 Å². The maximum absolute atomic E-state index is 12.5. The van der Waals surface area contributed by atoms with E-state index >= 15 is 0 Å². The predicted molar refractivity (Wildman–Crippen MR) is 101 cm³/mol. The first-order chi connectivity index (χ1) is 12.4. The van der Waals surface area contributed by atoms with E-state index in [-0.39, 0.29) is 24.2 Å². The summed E-state index contributed by atoms with van der Waals surface area (Å²) in [4.78, 5) is 28.5. The minimum atomic E-state index is -0.381. The van der Waals surface area contributed by atoms with E-state index in [0.29, 0.717) is 35.3 Å². The Morgan fingerprint density at radius 1 is 1.31 bits per heavy atom. The molecule has 1 atom stereocenters. The van der Waals surface area contributed by atoms with E-state index < -0.39 is 0 Å². The average Bonchev–Trinajstić information content (AvgIpc) is 2.99. The summed E-state index contributed by atoms with van der Waals surface area (Å²) in [6, 6.07) is 3.27.